The Hall–Kier alpha value is -1.38. The minimum absolute atomic E-state index is 0.119. The number of hydrogen-bond donors (Lipinski definition) is 0. The molecule has 0 unspecified atom stereocenters. The average molecular weight is 189 g/mol. The molecule has 14 heavy (non-hydrogen) atoms. The summed E-state index contributed by atoms with van der Waals surface area (Å²) in [6.07, 6.45) is 8.91. The number of aryl methyl sites for hydroxylation is 1. The molecule has 0 spiro atoms. The van der Waals surface area contributed by atoms with Gasteiger partial charge in [0.2, 0.25) is 0 Å². The van der Waals surface area contributed by atoms with Crippen LogP contribution in [0, 0.1) is 0 Å². The van der Waals surface area contributed by atoms with Crippen molar-refractivity contribution < 1.29 is 0 Å². The minimum atomic E-state index is -0.119. The highest BCUT2D eigenvalue weighted by Gasteiger charge is 2.15. The lowest BCUT2D eigenvalue weighted by atomic mass is 10.1. The van der Waals surface area contributed by atoms with Gasteiger partial charge in [-0.15, -0.1) is 0 Å². The van der Waals surface area contributed by atoms with E-state index < -0.39 is 0 Å². The van der Waals surface area contributed by atoms with Crippen LogP contribution in [0.1, 0.15) is 32.3 Å². The van der Waals surface area contributed by atoms with Gasteiger partial charge in [-0.05, 0) is 26.3 Å². The largest absolute Gasteiger partial charge is 0.303 e. The van der Waals surface area contributed by atoms with Crippen LogP contribution in [0.4, 0.5) is 0 Å². The zero-order chi connectivity index (χ0) is 10.2. The molecule has 0 aromatic carbocycles. The molecule has 0 radical (unpaired) electrons. The Labute approximate surface area is 84.2 Å². The third kappa shape index (κ3) is 1.50. The molecule has 0 aliphatic carbocycles. The van der Waals surface area contributed by atoms with Crippen molar-refractivity contribution in [1.82, 2.24) is 9.55 Å². The highest BCUT2D eigenvalue weighted by Crippen LogP contribution is 2.16. The van der Waals surface area contributed by atoms with E-state index in [1.165, 1.54) is 5.69 Å². The van der Waals surface area contributed by atoms with Crippen LogP contribution in [0.25, 0.3) is 6.20 Å². The van der Waals surface area contributed by atoms with Crippen LogP contribution in [0.5, 0.6) is 0 Å². The number of rotatable bonds is 1. The van der Waals surface area contributed by atoms with Crippen molar-refractivity contribution in [3.8, 4) is 0 Å². The van der Waals surface area contributed by atoms with Crippen molar-refractivity contribution >= 4 is 12.4 Å². The van der Waals surface area contributed by atoms with Crippen molar-refractivity contribution in [2.45, 2.75) is 32.7 Å². The van der Waals surface area contributed by atoms with E-state index in [2.05, 4.69) is 47.6 Å². The summed E-state index contributed by atoms with van der Waals surface area (Å²) >= 11 is 0. The fourth-order valence-corrected chi connectivity index (χ4v) is 1.47. The normalized spacial score (nSPS) is 17.9. The molecule has 1 aliphatic rings. The fourth-order valence-electron chi connectivity index (χ4n) is 1.47. The molecule has 0 amide bonds. The van der Waals surface area contributed by atoms with E-state index in [0.29, 0.717) is 0 Å². The molecule has 2 heterocycles. The Kier molecular flexibility index (Phi) is 2.02. The Balaban J connectivity index is 2.50. The van der Waals surface area contributed by atoms with Gasteiger partial charge in [0, 0.05) is 18.1 Å². The third-order valence-electron chi connectivity index (χ3n) is 2.41. The highest BCUT2D eigenvalue weighted by atomic mass is 15.1. The Morgan fingerprint density at radius 3 is 2.93 bits per heavy atom. The van der Waals surface area contributed by atoms with Crippen LogP contribution in [-0.2, 0) is 6.42 Å². The molecule has 0 N–H and O–H groups in total. The van der Waals surface area contributed by atoms with Crippen LogP contribution >= 0.6 is 0 Å². The van der Waals surface area contributed by atoms with Gasteiger partial charge in [-0.25, -0.2) is 4.98 Å². The second-order valence-corrected chi connectivity index (χ2v) is 4.06. The molecule has 0 saturated heterocycles. The van der Waals surface area contributed by atoms with Crippen LogP contribution in [0.3, 0.4) is 0 Å². The summed E-state index contributed by atoms with van der Waals surface area (Å²) in [7, 11) is 0. The number of aliphatic imine (C=N–C) groups is 1. The molecule has 1 aromatic rings. The molecule has 2 rings (SSSR count). The zero-order valence-electron chi connectivity index (χ0n) is 8.86. The minimum Gasteiger partial charge on any atom is -0.303 e. The van der Waals surface area contributed by atoms with Gasteiger partial charge in [0.25, 0.3) is 0 Å². The summed E-state index contributed by atoms with van der Waals surface area (Å²) in [6, 6.07) is 0. The SMILES string of the molecule is CCc1cnc2n1C=CC(C)(C)N=C2. The molecule has 0 saturated carbocycles. The second-order valence-electron chi connectivity index (χ2n) is 4.06. The summed E-state index contributed by atoms with van der Waals surface area (Å²) in [5.74, 6) is 0.920. The van der Waals surface area contributed by atoms with E-state index in [1.807, 2.05) is 12.4 Å². The number of fused-ring (bicyclic) bond motifs is 1. The summed E-state index contributed by atoms with van der Waals surface area (Å²) in [5.41, 5.74) is 1.10. The molecule has 0 bridgehead atoms. The van der Waals surface area contributed by atoms with Gasteiger partial charge in [-0.1, -0.05) is 6.92 Å². The van der Waals surface area contributed by atoms with Crippen molar-refractivity contribution in [1.29, 1.82) is 0 Å². The molecular formula is C11H15N3. The first-order chi connectivity index (χ1) is 6.62. The standard InChI is InChI=1S/C11H15N3/c1-4-9-7-12-10-8-13-11(2,3)5-6-14(9)10/h5-8H,4H2,1-3H3. The molecule has 0 fully saturated rings. The van der Waals surface area contributed by atoms with Crippen molar-refractivity contribution in [3.63, 3.8) is 0 Å². The van der Waals surface area contributed by atoms with Gasteiger partial charge in [-0.3, -0.25) is 4.99 Å². The molecular weight excluding hydrogens is 174 g/mol. The predicted molar refractivity (Wildman–Crippen MR) is 58.6 cm³/mol. The van der Waals surface area contributed by atoms with Crippen molar-refractivity contribution in [2.24, 2.45) is 4.99 Å². The number of imidazole rings is 1. The second kappa shape index (κ2) is 3.08. The molecule has 3 heteroatoms. The maximum Gasteiger partial charge on any atom is 0.154 e. The van der Waals surface area contributed by atoms with Crippen LogP contribution in [-0.4, -0.2) is 21.3 Å². The maximum absolute atomic E-state index is 4.45. The predicted octanol–water partition coefficient (Wildman–Crippen LogP) is 2.13. The van der Waals surface area contributed by atoms with Gasteiger partial charge in [0.1, 0.15) is 0 Å². The summed E-state index contributed by atoms with van der Waals surface area (Å²) < 4.78 is 2.10. The van der Waals surface area contributed by atoms with E-state index in [-0.39, 0.29) is 5.54 Å². The number of aromatic nitrogens is 2. The summed E-state index contributed by atoms with van der Waals surface area (Å²) in [6.45, 7) is 6.29. The molecule has 3 nitrogen and oxygen atoms in total. The highest BCUT2D eigenvalue weighted by molar-refractivity contribution is 5.78. The monoisotopic (exact) mass is 189 g/mol. The first kappa shape index (κ1) is 9.19. The average Bonchev–Trinajstić information content (AvgIpc) is 2.47. The van der Waals surface area contributed by atoms with E-state index in [9.17, 15) is 0 Å². The van der Waals surface area contributed by atoms with E-state index in [0.717, 1.165) is 12.2 Å². The fraction of sp³-hybridized carbons (Fsp3) is 0.455. The van der Waals surface area contributed by atoms with Crippen LogP contribution in [0.2, 0.25) is 0 Å². The Morgan fingerprint density at radius 2 is 2.21 bits per heavy atom. The first-order valence-corrected chi connectivity index (χ1v) is 4.93. The van der Waals surface area contributed by atoms with Gasteiger partial charge in [0.15, 0.2) is 5.82 Å². The lowest BCUT2D eigenvalue weighted by molar-refractivity contribution is 0.664. The molecule has 1 aliphatic heterocycles. The smallest absolute Gasteiger partial charge is 0.154 e. The molecule has 0 atom stereocenters. The molecule has 1 aromatic heterocycles. The summed E-state index contributed by atoms with van der Waals surface area (Å²) in [5, 5.41) is 0. The van der Waals surface area contributed by atoms with E-state index >= 15 is 0 Å². The lowest BCUT2D eigenvalue weighted by Gasteiger charge is -2.11. The lowest BCUT2D eigenvalue weighted by Crippen LogP contribution is -2.11. The van der Waals surface area contributed by atoms with Crippen molar-refractivity contribution in [2.75, 3.05) is 0 Å². The molecule has 74 valence electrons. The van der Waals surface area contributed by atoms with Crippen LogP contribution < -0.4 is 0 Å². The maximum atomic E-state index is 4.45. The number of nitrogens with zero attached hydrogens (tertiary/aromatic N) is 3. The van der Waals surface area contributed by atoms with Gasteiger partial charge in [-0.2, -0.15) is 0 Å². The first-order valence-electron chi connectivity index (χ1n) is 4.93. The van der Waals surface area contributed by atoms with Gasteiger partial charge < -0.3 is 4.57 Å². The van der Waals surface area contributed by atoms with Crippen LogP contribution in [0.15, 0.2) is 17.3 Å². The Bertz CT molecular complexity index is 397. The topological polar surface area (TPSA) is 30.2 Å². The van der Waals surface area contributed by atoms with E-state index in [4.69, 9.17) is 0 Å². The van der Waals surface area contributed by atoms with Gasteiger partial charge in [0.05, 0.1) is 11.8 Å². The Morgan fingerprint density at radius 1 is 1.43 bits per heavy atom. The number of hydrogen-bond acceptors (Lipinski definition) is 2. The zero-order valence-corrected chi connectivity index (χ0v) is 8.86. The summed E-state index contributed by atoms with van der Waals surface area (Å²) in [4.78, 5) is 8.76. The van der Waals surface area contributed by atoms with Crippen molar-refractivity contribution in [3.05, 3.63) is 23.8 Å². The van der Waals surface area contributed by atoms with Gasteiger partial charge >= 0.3 is 0 Å². The third-order valence-corrected chi connectivity index (χ3v) is 2.41. The quantitative estimate of drug-likeness (QED) is 0.665. The van der Waals surface area contributed by atoms with E-state index in [1.54, 1.807) is 0 Å².